The first-order chi connectivity index (χ1) is 11.9. The van der Waals surface area contributed by atoms with E-state index in [2.05, 4.69) is 21.2 Å². The average Bonchev–Trinajstić information content (AvgIpc) is 2.60. The zero-order chi connectivity index (χ0) is 18.0. The SMILES string of the molecule is CCS(=O)(=O)N1CCCc2cc(C(=O)Nc3cccc(Br)c3)ccc21. The monoisotopic (exact) mass is 422 g/mol. The Morgan fingerprint density at radius 3 is 2.76 bits per heavy atom. The van der Waals surface area contributed by atoms with Crippen LogP contribution in [0.5, 0.6) is 0 Å². The third kappa shape index (κ3) is 3.88. The molecule has 0 radical (unpaired) electrons. The molecule has 1 amide bonds. The highest BCUT2D eigenvalue weighted by atomic mass is 79.9. The smallest absolute Gasteiger partial charge is 0.255 e. The maximum Gasteiger partial charge on any atom is 0.255 e. The molecule has 7 heteroatoms. The van der Waals surface area contributed by atoms with Crippen molar-refractivity contribution in [3.63, 3.8) is 0 Å². The molecule has 0 aromatic heterocycles. The zero-order valence-electron chi connectivity index (χ0n) is 13.8. The van der Waals surface area contributed by atoms with E-state index in [-0.39, 0.29) is 11.7 Å². The highest BCUT2D eigenvalue weighted by molar-refractivity contribution is 9.10. The van der Waals surface area contributed by atoms with E-state index in [0.29, 0.717) is 23.5 Å². The molecule has 0 atom stereocenters. The van der Waals surface area contributed by atoms with Crippen LogP contribution in [0.2, 0.25) is 0 Å². The van der Waals surface area contributed by atoms with Crippen LogP contribution < -0.4 is 9.62 Å². The van der Waals surface area contributed by atoms with Crippen LogP contribution in [0.15, 0.2) is 46.9 Å². The summed E-state index contributed by atoms with van der Waals surface area (Å²) in [6.07, 6.45) is 1.52. The van der Waals surface area contributed by atoms with Gasteiger partial charge in [-0.25, -0.2) is 8.42 Å². The van der Waals surface area contributed by atoms with Crippen LogP contribution >= 0.6 is 15.9 Å². The van der Waals surface area contributed by atoms with Gasteiger partial charge >= 0.3 is 0 Å². The molecule has 132 valence electrons. The molecular formula is C18H19BrN2O3S. The lowest BCUT2D eigenvalue weighted by molar-refractivity contribution is 0.102. The van der Waals surface area contributed by atoms with Gasteiger partial charge in [0.15, 0.2) is 0 Å². The maximum atomic E-state index is 12.5. The van der Waals surface area contributed by atoms with Crippen molar-refractivity contribution < 1.29 is 13.2 Å². The van der Waals surface area contributed by atoms with E-state index in [1.165, 1.54) is 4.31 Å². The van der Waals surface area contributed by atoms with Crippen molar-refractivity contribution in [2.24, 2.45) is 0 Å². The number of nitrogens with zero attached hydrogens (tertiary/aromatic N) is 1. The number of amides is 1. The molecule has 0 saturated carbocycles. The molecule has 0 unspecified atom stereocenters. The van der Waals surface area contributed by atoms with Crippen LogP contribution in [0.1, 0.15) is 29.3 Å². The van der Waals surface area contributed by atoms with Crippen LogP contribution in [-0.4, -0.2) is 26.6 Å². The number of hydrogen-bond acceptors (Lipinski definition) is 3. The van der Waals surface area contributed by atoms with Gasteiger partial charge in [-0.1, -0.05) is 22.0 Å². The van der Waals surface area contributed by atoms with E-state index < -0.39 is 10.0 Å². The Kier molecular flexibility index (Phi) is 5.15. The van der Waals surface area contributed by atoms with E-state index in [1.807, 2.05) is 24.3 Å². The number of nitrogens with one attached hydrogen (secondary N) is 1. The normalized spacial score (nSPS) is 14.1. The van der Waals surface area contributed by atoms with Crippen LogP contribution in [0.25, 0.3) is 0 Å². The Hall–Kier alpha value is -1.86. The predicted octanol–water partition coefficient (Wildman–Crippen LogP) is 3.80. The summed E-state index contributed by atoms with van der Waals surface area (Å²) in [6.45, 7) is 2.14. The van der Waals surface area contributed by atoms with Crippen molar-refractivity contribution >= 4 is 43.2 Å². The number of hydrogen-bond donors (Lipinski definition) is 1. The number of sulfonamides is 1. The molecule has 0 fully saturated rings. The highest BCUT2D eigenvalue weighted by Gasteiger charge is 2.26. The molecule has 1 N–H and O–H groups in total. The number of halogens is 1. The van der Waals surface area contributed by atoms with Crippen molar-refractivity contribution in [3.05, 3.63) is 58.1 Å². The summed E-state index contributed by atoms with van der Waals surface area (Å²) in [5.41, 5.74) is 2.80. The summed E-state index contributed by atoms with van der Waals surface area (Å²) in [5.74, 6) is -0.145. The molecular weight excluding hydrogens is 404 g/mol. The Labute approximate surface area is 156 Å². The van der Waals surface area contributed by atoms with Gasteiger partial charge < -0.3 is 5.32 Å². The number of aryl methyl sites for hydroxylation is 1. The molecule has 1 aliphatic heterocycles. The molecule has 2 aromatic carbocycles. The quantitative estimate of drug-likeness (QED) is 0.814. The van der Waals surface area contributed by atoms with Crippen LogP contribution in [0, 0.1) is 0 Å². The van der Waals surface area contributed by atoms with Crippen LogP contribution in [-0.2, 0) is 16.4 Å². The Morgan fingerprint density at radius 1 is 1.24 bits per heavy atom. The molecule has 25 heavy (non-hydrogen) atoms. The molecule has 0 spiro atoms. The van der Waals surface area contributed by atoms with Gasteiger partial charge in [-0.05, 0) is 61.7 Å². The minimum absolute atomic E-state index is 0.0670. The molecule has 2 aromatic rings. The van der Waals surface area contributed by atoms with Crippen molar-refractivity contribution in [2.45, 2.75) is 19.8 Å². The number of anilines is 2. The van der Waals surface area contributed by atoms with E-state index in [1.54, 1.807) is 25.1 Å². The second-order valence-corrected chi connectivity index (χ2v) is 8.98. The summed E-state index contributed by atoms with van der Waals surface area (Å²) in [4.78, 5) is 12.5. The highest BCUT2D eigenvalue weighted by Crippen LogP contribution is 2.30. The fourth-order valence-electron chi connectivity index (χ4n) is 2.92. The Morgan fingerprint density at radius 2 is 2.04 bits per heavy atom. The predicted molar refractivity (Wildman–Crippen MR) is 104 cm³/mol. The van der Waals surface area contributed by atoms with E-state index in [4.69, 9.17) is 0 Å². The van der Waals surface area contributed by atoms with Crippen molar-refractivity contribution in [2.75, 3.05) is 21.9 Å². The topological polar surface area (TPSA) is 66.5 Å². The Balaban J connectivity index is 1.87. The van der Waals surface area contributed by atoms with Crippen molar-refractivity contribution in [1.29, 1.82) is 0 Å². The molecule has 0 aliphatic carbocycles. The van der Waals surface area contributed by atoms with Gasteiger partial charge in [0, 0.05) is 22.3 Å². The van der Waals surface area contributed by atoms with Crippen molar-refractivity contribution in [3.8, 4) is 0 Å². The van der Waals surface area contributed by atoms with Gasteiger partial charge in [0.1, 0.15) is 0 Å². The molecule has 1 heterocycles. The summed E-state index contributed by atoms with van der Waals surface area (Å²) in [5, 5.41) is 2.86. The summed E-state index contributed by atoms with van der Waals surface area (Å²) < 4.78 is 26.8. The average molecular weight is 423 g/mol. The number of fused-ring (bicyclic) bond motifs is 1. The Bertz CT molecular complexity index is 912. The zero-order valence-corrected chi connectivity index (χ0v) is 16.2. The molecule has 0 saturated heterocycles. The van der Waals surface area contributed by atoms with Gasteiger partial charge in [-0.2, -0.15) is 0 Å². The third-order valence-corrected chi connectivity index (χ3v) is 6.47. The fourth-order valence-corrected chi connectivity index (χ4v) is 4.51. The lowest BCUT2D eigenvalue weighted by Gasteiger charge is -2.30. The molecule has 1 aliphatic rings. The van der Waals surface area contributed by atoms with Gasteiger partial charge in [-0.15, -0.1) is 0 Å². The minimum atomic E-state index is -3.29. The number of benzene rings is 2. The lowest BCUT2D eigenvalue weighted by atomic mass is 10.0. The van der Waals surface area contributed by atoms with Crippen LogP contribution in [0.3, 0.4) is 0 Å². The first kappa shape index (κ1) is 17.9. The van der Waals surface area contributed by atoms with Gasteiger partial charge in [0.05, 0.1) is 11.4 Å². The van der Waals surface area contributed by atoms with E-state index in [9.17, 15) is 13.2 Å². The standard InChI is InChI=1S/C18H19BrN2O3S/c1-2-25(23,24)21-10-4-5-13-11-14(8-9-17(13)21)18(22)20-16-7-3-6-15(19)12-16/h3,6-9,11-12H,2,4-5,10H2,1H3,(H,20,22). The number of carbonyl (C=O) groups is 1. The van der Waals surface area contributed by atoms with E-state index >= 15 is 0 Å². The second-order valence-electron chi connectivity index (χ2n) is 5.88. The van der Waals surface area contributed by atoms with Crippen molar-refractivity contribution in [1.82, 2.24) is 0 Å². The van der Waals surface area contributed by atoms with Gasteiger partial charge in [-0.3, -0.25) is 9.10 Å². The van der Waals surface area contributed by atoms with Crippen LogP contribution in [0.4, 0.5) is 11.4 Å². The summed E-state index contributed by atoms with van der Waals surface area (Å²) >= 11 is 3.38. The molecule has 5 nitrogen and oxygen atoms in total. The molecule has 3 rings (SSSR count). The number of rotatable bonds is 4. The fraction of sp³-hybridized carbons (Fsp3) is 0.278. The lowest BCUT2D eigenvalue weighted by Crippen LogP contribution is -2.36. The van der Waals surface area contributed by atoms with E-state index in [0.717, 1.165) is 22.9 Å². The van der Waals surface area contributed by atoms with Gasteiger partial charge in [0.2, 0.25) is 10.0 Å². The number of carbonyl (C=O) groups excluding carboxylic acids is 1. The minimum Gasteiger partial charge on any atom is -0.322 e. The molecule has 0 bridgehead atoms. The first-order valence-corrected chi connectivity index (χ1v) is 10.5. The second kappa shape index (κ2) is 7.17. The first-order valence-electron chi connectivity index (χ1n) is 8.11. The third-order valence-electron chi connectivity index (χ3n) is 4.20. The summed E-state index contributed by atoms with van der Waals surface area (Å²) in [7, 11) is -3.29. The van der Waals surface area contributed by atoms with Gasteiger partial charge in [0.25, 0.3) is 5.91 Å². The summed E-state index contributed by atoms with van der Waals surface area (Å²) in [6, 6.07) is 12.6. The largest absolute Gasteiger partial charge is 0.322 e. The maximum absolute atomic E-state index is 12.5.